The van der Waals surface area contributed by atoms with Crippen molar-refractivity contribution in [1.29, 1.82) is 0 Å². The fourth-order valence-corrected chi connectivity index (χ4v) is 2.35. The minimum Gasteiger partial charge on any atom is -0.396 e. The lowest BCUT2D eigenvalue weighted by molar-refractivity contribution is -0.129. The number of likely N-dealkylation sites (tertiary alicyclic amines) is 1. The van der Waals surface area contributed by atoms with Crippen LogP contribution in [0.3, 0.4) is 0 Å². The maximum atomic E-state index is 11.7. The van der Waals surface area contributed by atoms with Gasteiger partial charge in [0.1, 0.15) is 0 Å². The summed E-state index contributed by atoms with van der Waals surface area (Å²) in [6, 6.07) is 0. The first kappa shape index (κ1) is 12.8. The molecule has 1 aliphatic heterocycles. The molecule has 15 heavy (non-hydrogen) atoms. The lowest BCUT2D eigenvalue weighted by atomic mass is 9.98. The van der Waals surface area contributed by atoms with E-state index in [0.717, 1.165) is 25.9 Å². The third-order valence-electron chi connectivity index (χ3n) is 2.77. The topological polar surface area (TPSA) is 40.5 Å². The highest BCUT2D eigenvalue weighted by molar-refractivity contribution is 8.00. The Labute approximate surface area is 96.2 Å². The molecule has 1 saturated heterocycles. The summed E-state index contributed by atoms with van der Waals surface area (Å²) in [5.41, 5.74) is 0. The summed E-state index contributed by atoms with van der Waals surface area (Å²) in [5, 5.41) is 9.50. The average Bonchev–Trinajstić information content (AvgIpc) is 2.26. The standard InChI is InChI=1S/C11H21NO2S/c1-9(2)15-8-11(14)12-5-3-10(7-13)4-6-12/h9-10,13H,3-8H2,1-2H3. The molecule has 3 nitrogen and oxygen atoms in total. The molecule has 0 radical (unpaired) electrons. The number of aliphatic hydroxyl groups is 1. The van der Waals surface area contributed by atoms with Gasteiger partial charge in [0.25, 0.3) is 0 Å². The molecule has 0 saturated carbocycles. The predicted octanol–water partition coefficient (Wildman–Crippen LogP) is 1.36. The van der Waals surface area contributed by atoms with E-state index in [1.54, 1.807) is 11.8 Å². The molecule has 0 bridgehead atoms. The second kappa shape index (κ2) is 6.38. The molecule has 0 atom stereocenters. The molecule has 1 rings (SSSR count). The first-order valence-corrected chi connectivity index (χ1v) is 6.68. The number of thioether (sulfide) groups is 1. The number of aliphatic hydroxyl groups excluding tert-OH is 1. The first-order chi connectivity index (χ1) is 7.13. The first-order valence-electron chi connectivity index (χ1n) is 5.63. The second-order valence-electron chi connectivity index (χ2n) is 4.37. The van der Waals surface area contributed by atoms with E-state index in [0.29, 0.717) is 16.9 Å². The van der Waals surface area contributed by atoms with Crippen molar-refractivity contribution in [3.63, 3.8) is 0 Å². The Morgan fingerprint density at radius 2 is 2.07 bits per heavy atom. The number of piperidine rings is 1. The number of rotatable bonds is 4. The van der Waals surface area contributed by atoms with E-state index >= 15 is 0 Å². The lowest BCUT2D eigenvalue weighted by Crippen LogP contribution is -2.40. The highest BCUT2D eigenvalue weighted by Crippen LogP contribution is 2.18. The van der Waals surface area contributed by atoms with Gasteiger partial charge in [-0.05, 0) is 24.0 Å². The number of carbonyl (C=O) groups excluding carboxylic acids is 1. The highest BCUT2D eigenvalue weighted by atomic mass is 32.2. The summed E-state index contributed by atoms with van der Waals surface area (Å²) in [7, 11) is 0. The van der Waals surface area contributed by atoms with Gasteiger partial charge in [-0.3, -0.25) is 4.79 Å². The van der Waals surface area contributed by atoms with Crippen molar-refractivity contribution < 1.29 is 9.90 Å². The molecule has 1 N–H and O–H groups in total. The molecular formula is C11H21NO2S. The van der Waals surface area contributed by atoms with Gasteiger partial charge in [0.05, 0.1) is 5.75 Å². The minimum absolute atomic E-state index is 0.255. The number of nitrogens with zero attached hydrogens (tertiary/aromatic N) is 1. The Bertz CT molecular complexity index is 201. The van der Waals surface area contributed by atoms with Crippen LogP contribution in [0.15, 0.2) is 0 Å². The van der Waals surface area contributed by atoms with Crippen LogP contribution < -0.4 is 0 Å². The van der Waals surface area contributed by atoms with Gasteiger partial charge in [0.15, 0.2) is 0 Å². The Hall–Kier alpha value is -0.220. The van der Waals surface area contributed by atoms with Gasteiger partial charge >= 0.3 is 0 Å². The zero-order chi connectivity index (χ0) is 11.3. The van der Waals surface area contributed by atoms with Gasteiger partial charge in [-0.1, -0.05) is 13.8 Å². The molecule has 0 aromatic rings. The van der Waals surface area contributed by atoms with Crippen LogP contribution in [-0.4, -0.2) is 46.6 Å². The Kier molecular flexibility index (Phi) is 5.47. The van der Waals surface area contributed by atoms with Crippen molar-refractivity contribution in [2.45, 2.75) is 31.9 Å². The van der Waals surface area contributed by atoms with Gasteiger partial charge in [0, 0.05) is 19.7 Å². The van der Waals surface area contributed by atoms with Crippen LogP contribution in [0, 0.1) is 5.92 Å². The van der Waals surface area contributed by atoms with Crippen molar-refractivity contribution >= 4 is 17.7 Å². The van der Waals surface area contributed by atoms with E-state index in [4.69, 9.17) is 5.11 Å². The summed E-state index contributed by atoms with van der Waals surface area (Å²) >= 11 is 1.70. The van der Waals surface area contributed by atoms with E-state index < -0.39 is 0 Å². The average molecular weight is 231 g/mol. The third kappa shape index (κ3) is 4.43. The maximum absolute atomic E-state index is 11.7. The van der Waals surface area contributed by atoms with Crippen molar-refractivity contribution in [1.82, 2.24) is 4.90 Å². The molecule has 0 aromatic heterocycles. The molecule has 0 aliphatic carbocycles. The number of hydrogen-bond donors (Lipinski definition) is 1. The molecule has 1 heterocycles. The van der Waals surface area contributed by atoms with Crippen molar-refractivity contribution in [2.75, 3.05) is 25.4 Å². The molecule has 1 amide bonds. The molecule has 88 valence electrons. The fraction of sp³-hybridized carbons (Fsp3) is 0.909. The normalized spacial score (nSPS) is 18.5. The molecule has 1 fully saturated rings. The molecule has 0 unspecified atom stereocenters. The van der Waals surface area contributed by atoms with Crippen molar-refractivity contribution in [2.24, 2.45) is 5.92 Å². The molecule has 0 aromatic carbocycles. The van der Waals surface area contributed by atoms with Crippen LogP contribution in [0.4, 0.5) is 0 Å². The minimum atomic E-state index is 0.255. The van der Waals surface area contributed by atoms with Crippen LogP contribution in [-0.2, 0) is 4.79 Å². The monoisotopic (exact) mass is 231 g/mol. The van der Waals surface area contributed by atoms with Gasteiger partial charge in [-0.15, -0.1) is 11.8 Å². The van der Waals surface area contributed by atoms with Crippen molar-refractivity contribution in [3.05, 3.63) is 0 Å². The smallest absolute Gasteiger partial charge is 0.232 e. The summed E-state index contributed by atoms with van der Waals surface area (Å²) in [4.78, 5) is 13.7. The van der Waals surface area contributed by atoms with Gasteiger partial charge in [-0.25, -0.2) is 0 Å². The summed E-state index contributed by atoms with van der Waals surface area (Å²) in [5.74, 6) is 1.26. The molecule has 1 aliphatic rings. The van der Waals surface area contributed by atoms with Crippen LogP contribution in [0.2, 0.25) is 0 Å². The van der Waals surface area contributed by atoms with E-state index in [1.807, 2.05) is 4.90 Å². The maximum Gasteiger partial charge on any atom is 0.232 e. The quantitative estimate of drug-likeness (QED) is 0.794. The fourth-order valence-electron chi connectivity index (χ4n) is 1.69. The zero-order valence-electron chi connectivity index (χ0n) is 9.61. The number of carbonyl (C=O) groups is 1. The summed E-state index contributed by atoms with van der Waals surface area (Å²) in [6.07, 6.45) is 1.91. The van der Waals surface area contributed by atoms with Crippen molar-refractivity contribution in [3.8, 4) is 0 Å². The Morgan fingerprint density at radius 1 is 1.47 bits per heavy atom. The van der Waals surface area contributed by atoms with Crippen LogP contribution in [0.25, 0.3) is 0 Å². The van der Waals surface area contributed by atoms with E-state index in [2.05, 4.69) is 13.8 Å². The van der Waals surface area contributed by atoms with E-state index in [-0.39, 0.29) is 12.5 Å². The van der Waals surface area contributed by atoms with Gasteiger partial charge in [0.2, 0.25) is 5.91 Å². The summed E-state index contributed by atoms with van der Waals surface area (Å²) < 4.78 is 0. The zero-order valence-corrected chi connectivity index (χ0v) is 10.4. The SMILES string of the molecule is CC(C)SCC(=O)N1CCC(CO)CC1. The molecule has 0 spiro atoms. The molecule has 4 heteroatoms. The van der Waals surface area contributed by atoms with Crippen LogP contribution in [0.5, 0.6) is 0 Å². The Balaban J connectivity index is 2.24. The van der Waals surface area contributed by atoms with Crippen LogP contribution in [0.1, 0.15) is 26.7 Å². The van der Waals surface area contributed by atoms with Gasteiger partial charge < -0.3 is 10.0 Å². The predicted molar refractivity (Wildman–Crippen MR) is 64.0 cm³/mol. The molecular weight excluding hydrogens is 210 g/mol. The Morgan fingerprint density at radius 3 is 2.53 bits per heavy atom. The number of amides is 1. The van der Waals surface area contributed by atoms with E-state index in [9.17, 15) is 4.79 Å². The van der Waals surface area contributed by atoms with Crippen LogP contribution >= 0.6 is 11.8 Å². The summed E-state index contributed by atoms with van der Waals surface area (Å²) in [6.45, 7) is 6.13. The van der Waals surface area contributed by atoms with Gasteiger partial charge in [-0.2, -0.15) is 0 Å². The lowest BCUT2D eigenvalue weighted by Gasteiger charge is -2.31. The third-order valence-corrected chi connectivity index (χ3v) is 3.85. The highest BCUT2D eigenvalue weighted by Gasteiger charge is 2.21. The van der Waals surface area contributed by atoms with E-state index in [1.165, 1.54) is 0 Å². The number of hydrogen-bond acceptors (Lipinski definition) is 3. The second-order valence-corrected chi connectivity index (χ2v) is 5.93. The largest absolute Gasteiger partial charge is 0.396 e.